The number of carbonyl (C=O) groups is 2. The molecule has 0 amide bonds. The second-order valence-electron chi connectivity index (χ2n) is 10.9. The number of ketones is 2. The van der Waals surface area contributed by atoms with Crippen molar-refractivity contribution in [3.63, 3.8) is 0 Å². The molecule has 3 fully saturated rings. The lowest BCUT2D eigenvalue weighted by atomic mass is 9.43. The number of aliphatic hydroxyl groups is 5. The summed E-state index contributed by atoms with van der Waals surface area (Å²) in [5.74, 6) is -0.786. The highest BCUT2D eigenvalue weighted by atomic mass is 16.3. The molecule has 0 bridgehead atoms. The molecule has 0 aromatic heterocycles. The Morgan fingerprint density at radius 2 is 1.97 bits per heavy atom. The van der Waals surface area contributed by atoms with Gasteiger partial charge in [-0.05, 0) is 73.7 Å². The molecule has 4 aliphatic carbocycles. The van der Waals surface area contributed by atoms with Gasteiger partial charge < -0.3 is 25.5 Å². The van der Waals surface area contributed by atoms with Crippen LogP contribution in [0.4, 0.5) is 0 Å². The molecule has 7 nitrogen and oxygen atoms in total. The molecular formula is C24H36O7. The second-order valence-corrected chi connectivity index (χ2v) is 10.9. The molecule has 0 aromatic carbocycles. The summed E-state index contributed by atoms with van der Waals surface area (Å²) in [5, 5.41) is 51.8. The number of rotatable bonds is 5. The predicted molar refractivity (Wildman–Crippen MR) is 112 cm³/mol. The van der Waals surface area contributed by atoms with Crippen molar-refractivity contribution >= 4 is 11.6 Å². The lowest BCUT2D eigenvalue weighted by molar-refractivity contribution is -0.187. The van der Waals surface area contributed by atoms with E-state index in [0.717, 1.165) is 12.0 Å². The van der Waals surface area contributed by atoms with Gasteiger partial charge in [-0.25, -0.2) is 0 Å². The van der Waals surface area contributed by atoms with E-state index in [0.29, 0.717) is 19.3 Å². The van der Waals surface area contributed by atoms with Gasteiger partial charge in [0.2, 0.25) is 0 Å². The van der Waals surface area contributed by atoms with Gasteiger partial charge in [-0.2, -0.15) is 0 Å². The van der Waals surface area contributed by atoms with E-state index >= 15 is 0 Å². The van der Waals surface area contributed by atoms with Gasteiger partial charge in [-0.15, -0.1) is 0 Å². The van der Waals surface area contributed by atoms with Gasteiger partial charge >= 0.3 is 0 Å². The normalized spacial score (nSPS) is 47.8. The van der Waals surface area contributed by atoms with Crippen molar-refractivity contribution in [3.05, 3.63) is 11.6 Å². The van der Waals surface area contributed by atoms with E-state index < -0.39 is 41.0 Å². The molecule has 174 valence electrons. The van der Waals surface area contributed by atoms with E-state index in [2.05, 4.69) is 6.92 Å². The number of allylic oxidation sites excluding steroid dienone is 1. The third kappa shape index (κ3) is 3.11. The van der Waals surface area contributed by atoms with Crippen LogP contribution in [0.1, 0.15) is 58.8 Å². The Kier molecular flexibility index (Phi) is 5.75. The van der Waals surface area contributed by atoms with Crippen LogP contribution >= 0.6 is 0 Å². The van der Waals surface area contributed by atoms with E-state index in [1.165, 1.54) is 0 Å². The fraction of sp³-hybridized carbons (Fsp3) is 0.833. The highest BCUT2D eigenvalue weighted by Crippen LogP contribution is 2.68. The maximum Gasteiger partial charge on any atom is 0.190 e. The first-order valence-corrected chi connectivity index (χ1v) is 11.6. The quantitative estimate of drug-likeness (QED) is 0.429. The van der Waals surface area contributed by atoms with Gasteiger partial charge in [-0.3, -0.25) is 9.59 Å². The zero-order chi connectivity index (χ0) is 22.8. The molecule has 0 saturated heterocycles. The van der Waals surface area contributed by atoms with Crippen molar-refractivity contribution in [2.24, 2.45) is 34.5 Å². The highest BCUT2D eigenvalue weighted by Gasteiger charge is 2.69. The van der Waals surface area contributed by atoms with Crippen LogP contribution in [0.5, 0.6) is 0 Å². The Morgan fingerprint density at radius 1 is 1.26 bits per heavy atom. The first kappa shape index (κ1) is 23.1. The molecule has 0 aromatic rings. The minimum Gasteiger partial charge on any atom is -0.394 e. The molecule has 4 rings (SSSR count). The smallest absolute Gasteiger partial charge is 0.190 e. The van der Waals surface area contributed by atoms with Crippen LogP contribution in [0.2, 0.25) is 0 Å². The van der Waals surface area contributed by atoms with Crippen LogP contribution in [0, 0.1) is 34.5 Å². The van der Waals surface area contributed by atoms with E-state index in [1.807, 2.05) is 6.92 Å². The molecular weight excluding hydrogens is 400 g/mol. The van der Waals surface area contributed by atoms with Gasteiger partial charge in [-0.1, -0.05) is 19.4 Å². The van der Waals surface area contributed by atoms with Crippen LogP contribution < -0.4 is 0 Å². The van der Waals surface area contributed by atoms with Gasteiger partial charge in [0, 0.05) is 11.8 Å². The van der Waals surface area contributed by atoms with Crippen molar-refractivity contribution in [2.75, 3.05) is 13.2 Å². The fourth-order valence-corrected chi connectivity index (χ4v) is 8.20. The molecule has 2 unspecified atom stereocenters. The van der Waals surface area contributed by atoms with E-state index in [9.17, 15) is 35.1 Å². The molecule has 9 atom stereocenters. The van der Waals surface area contributed by atoms with Crippen LogP contribution in [0.25, 0.3) is 0 Å². The van der Waals surface area contributed by atoms with Gasteiger partial charge in [0.15, 0.2) is 11.6 Å². The summed E-state index contributed by atoms with van der Waals surface area (Å²) in [6.07, 6.45) is 3.28. The Balaban J connectivity index is 1.74. The SMILES string of the molecule is C[C@]12C[C@H](O)[C@H]3[C@@H](CCC4=CC(=O)CC(CC(O)CO)[C@@]43C)[C@@H]1CC[C@]2(O)C(=O)CO. The van der Waals surface area contributed by atoms with E-state index in [4.69, 9.17) is 0 Å². The number of aliphatic hydroxyl groups excluding tert-OH is 4. The number of fused-ring (bicyclic) bond motifs is 5. The van der Waals surface area contributed by atoms with Crippen molar-refractivity contribution in [3.8, 4) is 0 Å². The van der Waals surface area contributed by atoms with E-state index in [1.54, 1.807) is 6.08 Å². The maximum atomic E-state index is 12.5. The summed E-state index contributed by atoms with van der Waals surface area (Å²) in [7, 11) is 0. The number of Topliss-reactive ketones (excluding diaryl/α,β-unsaturated/α-hetero) is 1. The third-order valence-corrected chi connectivity index (χ3v) is 9.74. The standard InChI is InChI=1S/C24H36O7/c1-22-10-19(29)21-17(18(22)5-6-24(22,31)20(30)12-26)4-3-13-7-15(27)8-14(23(13,21)2)9-16(28)11-25/h7,14,16-19,21,25-26,28-29,31H,3-6,8-12H2,1-2H3/t14?,16?,17-,18-,19-,21+,22-,23+,24-/m0/s1. The summed E-state index contributed by atoms with van der Waals surface area (Å²) in [4.78, 5) is 24.9. The third-order valence-electron chi connectivity index (χ3n) is 9.74. The molecule has 3 saturated carbocycles. The summed E-state index contributed by atoms with van der Waals surface area (Å²) >= 11 is 0. The Morgan fingerprint density at radius 3 is 2.61 bits per heavy atom. The molecule has 0 spiro atoms. The maximum absolute atomic E-state index is 12.5. The molecule has 4 aliphatic rings. The second kappa shape index (κ2) is 7.73. The lowest BCUT2D eigenvalue weighted by Crippen LogP contribution is -2.63. The average molecular weight is 437 g/mol. The number of carbonyl (C=O) groups excluding carboxylic acids is 2. The minimum absolute atomic E-state index is 0.0278. The summed E-state index contributed by atoms with van der Waals surface area (Å²) in [6.45, 7) is 2.88. The van der Waals surface area contributed by atoms with Gasteiger partial charge in [0.1, 0.15) is 12.2 Å². The topological polar surface area (TPSA) is 135 Å². The molecule has 7 heteroatoms. The zero-order valence-electron chi connectivity index (χ0n) is 18.5. The first-order chi connectivity index (χ1) is 14.5. The van der Waals surface area contributed by atoms with E-state index in [-0.39, 0.29) is 55.3 Å². The predicted octanol–water partition coefficient (Wildman–Crippen LogP) is 0.751. The van der Waals surface area contributed by atoms with Gasteiger partial charge in [0.25, 0.3) is 0 Å². The fourth-order valence-electron chi connectivity index (χ4n) is 8.20. The van der Waals surface area contributed by atoms with Gasteiger partial charge in [0.05, 0.1) is 18.8 Å². The van der Waals surface area contributed by atoms with Crippen LogP contribution in [0.3, 0.4) is 0 Å². The summed E-state index contributed by atoms with van der Waals surface area (Å²) in [6, 6.07) is 0. The first-order valence-electron chi connectivity index (χ1n) is 11.6. The van der Waals surface area contributed by atoms with Crippen molar-refractivity contribution in [1.82, 2.24) is 0 Å². The summed E-state index contributed by atoms with van der Waals surface area (Å²) < 4.78 is 0. The van der Waals surface area contributed by atoms with Crippen molar-refractivity contribution in [1.29, 1.82) is 0 Å². The van der Waals surface area contributed by atoms with Crippen LogP contribution in [-0.2, 0) is 9.59 Å². The minimum atomic E-state index is -1.63. The Bertz CT molecular complexity index is 793. The largest absolute Gasteiger partial charge is 0.394 e. The molecule has 31 heavy (non-hydrogen) atoms. The van der Waals surface area contributed by atoms with Crippen LogP contribution in [-0.4, -0.2) is 68.1 Å². The molecule has 0 heterocycles. The number of hydrogen-bond acceptors (Lipinski definition) is 7. The van der Waals surface area contributed by atoms with Crippen LogP contribution in [0.15, 0.2) is 11.6 Å². The summed E-state index contributed by atoms with van der Waals surface area (Å²) in [5.41, 5.74) is -1.92. The Hall–Kier alpha value is -1.12. The zero-order valence-corrected chi connectivity index (χ0v) is 18.5. The number of hydrogen-bond donors (Lipinski definition) is 5. The monoisotopic (exact) mass is 436 g/mol. The molecule has 5 N–H and O–H groups in total. The molecule has 0 radical (unpaired) electrons. The Labute approximate surface area is 183 Å². The van der Waals surface area contributed by atoms with Crippen molar-refractivity contribution < 1.29 is 35.1 Å². The average Bonchev–Trinajstić information content (AvgIpc) is 2.99. The highest BCUT2D eigenvalue weighted by molar-refractivity contribution is 5.92. The lowest BCUT2D eigenvalue weighted by Gasteiger charge is -2.62. The molecule has 0 aliphatic heterocycles. The van der Waals surface area contributed by atoms with Crippen molar-refractivity contribution in [2.45, 2.75) is 76.6 Å².